The first-order valence-corrected chi connectivity index (χ1v) is 52.8. The van der Waals surface area contributed by atoms with E-state index < -0.39 is 173 Å². The van der Waals surface area contributed by atoms with Gasteiger partial charge in [-0.2, -0.15) is 24.4 Å². The fraction of sp³-hybridized carbons (Fsp3) is 0.612. The summed E-state index contributed by atoms with van der Waals surface area (Å²) >= 11 is 24.1. The molecule has 9 aliphatic heterocycles. The van der Waals surface area contributed by atoms with Crippen LogP contribution in [0.15, 0.2) is 84.0 Å². The highest BCUT2D eigenvalue weighted by Gasteiger charge is 2.67. The molecule has 814 valence electrons. The number of allylic oxidation sites excluding steroid dienone is 6. The Kier molecular flexibility index (Phi) is 43.1. The third-order valence-electron chi connectivity index (χ3n) is 29.0. The molecule has 11 aliphatic rings. The number of carbonyl (C=O) groups excluding carboxylic acids is 16. The molecule has 0 radical (unpaired) electrons. The van der Waals surface area contributed by atoms with Crippen molar-refractivity contribution >= 4 is 179 Å². The molecule has 8 bridgehead atoms. The number of epoxide rings is 2. The standard InChI is InChI=1S/C47H64ClN5O13S2.C35H48ClN3O10S.C16H18N2O6.C4H6S.CH4/c1-25-9-8-10-35(63-7)47(62)22-33(64-45(61)49-47)26(2)41-46(4,66-41)36(21-38(56)52(6)32-19-29(17-25)18-31(24-54)40(32)48)65-44(60)27(3)51(5)37(55)15-16-68-34-20-39(57)53(43(34)59)23-28-11-13-30(14-12-28)42(58)50-67;1-19-9-8-10-26(46-7)35(45)17-25(47-33(44)37-35)20(2)31-34(4,49-31)27(48-32(43)21(3)38(5)28(41)11-12-50)16-29(42)39(6)24-15-22(13-19)14-23(18-40)30(24)36;19-12-5-6-13(20)17(12)9-10-1-3-11(4-2-10)16(23)24-18-14(21)7-8-15(18)22;1-3-4-5-2;/h8-10,18-19,26-28,30,33-36,41,54,62,67H,11-17,20-24H2,1-7H3,(H,49,61)(H,50,58);8-10,14-15,20-21,25-27,31,40,45,50H,11-13,16-18H2,1-7H3,(H,37,44);5-6,10-11H,1-4,7-9H2;1H,4H2,2H3;1H4/b10-8+,25-9+;10-8+,19-9+;;;/t26-,27+,28?,30?,33+,34?,35-,36+,41+,46+,47+;20-,21+,25+,26-,27+,31+,34+,35+;;;/m11.../s1/i;;;2D;1D. The lowest BCUT2D eigenvalue weighted by molar-refractivity contribution is -0.201. The van der Waals surface area contributed by atoms with Gasteiger partial charge in [0.15, 0.2) is 11.4 Å². The van der Waals surface area contributed by atoms with Gasteiger partial charge in [-0.3, -0.25) is 73.2 Å². The minimum atomic E-state index is -1.88. The third-order valence-corrected chi connectivity index (χ3v) is 31.9. The number of alkyl carbamates (subject to hydrolysis) is 2. The summed E-state index contributed by atoms with van der Waals surface area (Å²) in [7, 11) is 10.1. The number of aliphatic hydroxyl groups is 4. The molecule has 8 fully saturated rings. The number of halogens is 2. The number of imide groups is 3. The molecular formula is C103H140Cl2N10O29S4. The van der Waals surface area contributed by atoms with Crippen LogP contribution >= 0.6 is 72.2 Å². The lowest BCUT2D eigenvalue weighted by Crippen LogP contribution is -2.63. The van der Waals surface area contributed by atoms with Crippen LogP contribution in [0, 0.1) is 47.9 Å². The summed E-state index contributed by atoms with van der Waals surface area (Å²) in [5.74, 6) is -3.88. The van der Waals surface area contributed by atoms with E-state index in [4.69, 9.17) is 75.1 Å². The van der Waals surface area contributed by atoms with E-state index in [0.717, 1.165) is 22.3 Å². The summed E-state index contributed by atoms with van der Waals surface area (Å²) in [5, 5.41) is 49.1. The van der Waals surface area contributed by atoms with Crippen molar-refractivity contribution in [2.45, 2.75) is 287 Å². The molecule has 39 nitrogen and oxygen atoms in total. The normalized spacial score (nSPS) is 30.8. The number of likely N-dealkylation sites (tertiary alicyclic amines) is 1. The van der Waals surface area contributed by atoms with E-state index in [1.807, 2.05) is 26.0 Å². The number of anilines is 2. The van der Waals surface area contributed by atoms with E-state index in [1.165, 1.54) is 122 Å². The van der Waals surface area contributed by atoms with Crippen molar-refractivity contribution in [3.8, 4) is 12.3 Å². The van der Waals surface area contributed by atoms with E-state index >= 15 is 0 Å². The number of amides is 13. The predicted molar refractivity (Wildman–Crippen MR) is 556 cm³/mol. The molecule has 13 amide bonds. The number of thioether (sulfide) groups is 2. The molecular weight excluding hydrogens is 2040 g/mol. The number of carbonyl (C=O) groups is 16. The van der Waals surface area contributed by atoms with Gasteiger partial charge in [-0.05, 0) is 164 Å². The number of nitrogens with zero attached hydrogens (tertiary/aromatic N) is 7. The van der Waals surface area contributed by atoms with Crippen LogP contribution in [0.3, 0.4) is 0 Å². The minimum Gasteiger partial charge on any atom is -0.457 e. The number of rotatable bonds is 24. The van der Waals surface area contributed by atoms with Crippen molar-refractivity contribution < 1.29 is 143 Å². The number of thiol groups is 2. The number of aliphatic hydroxyl groups excluding tert-OH is 2. The Balaban J connectivity index is 0.000000264. The molecule has 17 atom stereocenters. The van der Waals surface area contributed by atoms with E-state index in [-0.39, 0.29) is 133 Å². The number of benzene rings is 2. The van der Waals surface area contributed by atoms with Crippen LogP contribution in [-0.2, 0) is 136 Å². The maximum atomic E-state index is 14.3. The molecule has 2 saturated carbocycles. The number of hydrogen-bond acceptors (Lipinski definition) is 33. The van der Waals surface area contributed by atoms with Crippen molar-refractivity contribution in [1.82, 2.24) is 40.0 Å². The Labute approximate surface area is 895 Å². The number of nitrogens with one attached hydrogen (secondary N) is 3. The molecule has 7 N–H and O–H groups in total. The average molecular weight is 2180 g/mol. The van der Waals surface area contributed by atoms with Crippen LogP contribution in [-0.4, -0.2) is 308 Å². The van der Waals surface area contributed by atoms with Gasteiger partial charge in [-0.25, -0.2) is 24.0 Å². The summed E-state index contributed by atoms with van der Waals surface area (Å²) < 4.78 is 61.9. The maximum Gasteiger partial charge on any atom is 0.409 e. The summed E-state index contributed by atoms with van der Waals surface area (Å²) in [4.78, 5) is 217. The van der Waals surface area contributed by atoms with Crippen molar-refractivity contribution in [3.05, 3.63) is 116 Å². The molecule has 2 aromatic rings. The quantitative estimate of drug-likeness (QED) is 0.00898. The largest absolute Gasteiger partial charge is 0.457 e. The van der Waals surface area contributed by atoms with Gasteiger partial charge in [0.1, 0.15) is 59.9 Å². The van der Waals surface area contributed by atoms with E-state index in [1.54, 1.807) is 83.3 Å². The third kappa shape index (κ3) is 30.1. The first-order valence-electron chi connectivity index (χ1n) is 50.4. The Bertz CT molecular complexity index is 5460. The fourth-order valence-electron chi connectivity index (χ4n) is 19.6. The molecule has 2 aromatic carbocycles. The van der Waals surface area contributed by atoms with Crippen molar-refractivity contribution in [2.75, 3.05) is 88.8 Å². The SMILES string of the molecule is CO[C@@H]1/C=C/C=C(\C)Cc2cc(CO)c(Cl)c(c2)N(C)C(=O)C[C@H](OC(=O)[C@H](C)N(C)C(=O)CCS)[C@]2(C)O[C@H]2[C@H](C)[C@@H]2C[C@@]1(O)NC(=O)O2.CO[C@@H]1/C=C/C=C(\C)Cc2cc(CO)c(Cl)c(c2)N(C)C(=O)C[C@H](OC(=O)[C@H](C)N(C)C(=O)CCSC2CC(=O)N(CC3CCC(C(=O)NS)CC3)C2=O)[C@]2(C)O[C@H]2[C@H](C)[C@@H]2C[C@@]1(O)NC(=O)O2.O=C(ON1C(=O)CCC1=O)C1CCC(CN2C(=O)C=CC2=O)CC1.[2H]C.[2H]CSCC#C. The fourth-order valence-corrected chi connectivity index (χ4v) is 21.7. The highest BCUT2D eigenvalue weighted by molar-refractivity contribution is 8.00. The highest BCUT2D eigenvalue weighted by atomic mass is 35.5. The van der Waals surface area contributed by atoms with Gasteiger partial charge < -0.3 is 87.5 Å². The number of hydroxylamine groups is 2. The number of fused-ring (bicyclic) bond motifs is 10. The predicted octanol–water partition coefficient (Wildman–Crippen LogP) is 9.28. The minimum absolute atomic E-state index is 0.0205. The average Bonchev–Trinajstić information content (AvgIpc) is 1.57. The lowest BCUT2D eigenvalue weighted by atomic mass is 9.81. The first-order chi connectivity index (χ1) is 71.0. The summed E-state index contributed by atoms with van der Waals surface area (Å²) in [6.07, 6.45) is 14.2. The number of hydrogen-bond donors (Lipinski definition) is 9. The monoisotopic (exact) mass is 2180 g/mol. The van der Waals surface area contributed by atoms with Crippen LogP contribution in [0.2, 0.25) is 10.0 Å². The van der Waals surface area contributed by atoms with Gasteiger partial charge in [-0.1, -0.05) is 123 Å². The number of esters is 2. The molecule has 9 heterocycles. The Morgan fingerprint density at radius 3 is 1.47 bits per heavy atom. The van der Waals surface area contributed by atoms with Crippen LogP contribution in [0.1, 0.15) is 197 Å². The molecule has 45 heteroatoms. The second kappa shape index (κ2) is 53.9. The zero-order valence-corrected chi connectivity index (χ0v) is 90.9. The Hall–Kier alpha value is -9.92. The molecule has 13 rings (SSSR count). The zero-order valence-electron chi connectivity index (χ0n) is 88.0. The lowest BCUT2D eigenvalue weighted by Gasteiger charge is -2.42. The zero-order chi connectivity index (χ0) is 111. The van der Waals surface area contributed by atoms with E-state index in [0.29, 0.717) is 123 Å². The first kappa shape index (κ1) is 118. The van der Waals surface area contributed by atoms with Gasteiger partial charge in [0.05, 0.1) is 76.6 Å². The molecule has 1 unspecified atom stereocenters. The number of likely N-dealkylation sites (N-methyl/N-ethyl adjacent to an activating group) is 2. The van der Waals surface area contributed by atoms with Gasteiger partial charge >= 0.3 is 30.1 Å². The van der Waals surface area contributed by atoms with Crippen molar-refractivity contribution in [1.29, 1.82) is 0 Å². The molecule has 0 aromatic heterocycles. The van der Waals surface area contributed by atoms with Crippen LogP contribution in [0.4, 0.5) is 21.0 Å². The second-order valence-corrected chi connectivity index (χ2v) is 42.7. The van der Waals surface area contributed by atoms with Crippen LogP contribution in [0.5, 0.6) is 0 Å². The summed E-state index contributed by atoms with van der Waals surface area (Å²) in [5.41, 5.74) is -1.48. The Morgan fingerprint density at radius 1 is 0.649 bits per heavy atom. The molecule has 2 aliphatic carbocycles. The van der Waals surface area contributed by atoms with Crippen LogP contribution in [0.25, 0.3) is 0 Å². The highest BCUT2D eigenvalue weighted by Crippen LogP contribution is 2.52. The van der Waals surface area contributed by atoms with Crippen molar-refractivity contribution in [2.24, 2.45) is 35.5 Å². The van der Waals surface area contributed by atoms with E-state index in [2.05, 4.69) is 46.7 Å². The van der Waals surface area contributed by atoms with Crippen LogP contribution < -0.4 is 25.2 Å². The van der Waals surface area contributed by atoms with Gasteiger partial charge in [0.25, 0.3) is 23.6 Å². The van der Waals surface area contributed by atoms with Crippen molar-refractivity contribution in [3.63, 3.8) is 0 Å². The topological polar surface area (TPSA) is 502 Å². The Morgan fingerprint density at radius 2 is 1.07 bits per heavy atom. The maximum absolute atomic E-state index is 14.3. The number of terminal acetylenes is 1. The number of methoxy groups -OCH3 is 2. The molecule has 148 heavy (non-hydrogen) atoms. The second-order valence-electron chi connectivity index (χ2n) is 39.2. The van der Waals surface area contributed by atoms with Gasteiger partial charge in [0.2, 0.25) is 41.4 Å². The molecule has 6 saturated heterocycles. The summed E-state index contributed by atoms with van der Waals surface area (Å²) in [6, 6.07) is 4.88. The van der Waals surface area contributed by atoms with Gasteiger partial charge in [-0.15, -0.1) is 23.2 Å². The van der Waals surface area contributed by atoms with E-state index in [9.17, 15) is 97.1 Å². The smallest absolute Gasteiger partial charge is 0.409 e. The number of ether oxygens (including phenoxy) is 8. The van der Waals surface area contributed by atoms with Gasteiger partial charge in [0, 0.05) is 139 Å². The molecule has 0 spiro atoms. The summed E-state index contributed by atoms with van der Waals surface area (Å²) in [6.45, 7) is 13.6.